The van der Waals surface area contributed by atoms with E-state index in [0.717, 1.165) is 35.3 Å². The van der Waals surface area contributed by atoms with E-state index in [9.17, 15) is 42.6 Å². The Morgan fingerprint density at radius 1 is 0.684 bits per heavy atom. The average Bonchev–Trinajstić information content (AvgIpc) is 3.17. The summed E-state index contributed by atoms with van der Waals surface area (Å²) in [5.41, 5.74) is 1.20. The summed E-state index contributed by atoms with van der Waals surface area (Å²) in [5, 5.41) is 19.6. The standard InChI is InChI=1S/C22H33NO6.C19H24F3NO5/c1-22(2,3)29-21(26)23-10-8-15(9-11-23)12-17(14-20(25)28-5)16-6-7-18(24)19(13-16)27-4;1-27-16-10-13(3-4-15(16)24)14(11-17(25)28-2)9-12-5-7-23(8-6-12)18(26)19(20,21)22/h6-7,13,15,17,24H,8-12,14H2,1-5H3;3-4,10,12,14,24H,5-9,11H2,1-2H3. The molecule has 57 heavy (non-hydrogen) atoms. The molecule has 0 saturated carbocycles. The Hall–Kier alpha value is -4.89. The second-order valence-electron chi connectivity index (χ2n) is 15.4. The maximum atomic E-state index is 12.6. The molecule has 2 saturated heterocycles. The molecule has 2 heterocycles. The highest BCUT2D eigenvalue weighted by atomic mass is 19.4. The Balaban J connectivity index is 0.000000306. The molecule has 2 fully saturated rings. The Morgan fingerprint density at radius 2 is 1.07 bits per heavy atom. The summed E-state index contributed by atoms with van der Waals surface area (Å²) < 4.78 is 63.1. The number of phenolic OH excluding ortho intramolecular Hbond substituents is 2. The number of methoxy groups -OCH3 is 4. The summed E-state index contributed by atoms with van der Waals surface area (Å²) in [7, 11) is 5.59. The van der Waals surface area contributed by atoms with Gasteiger partial charge in [-0.2, -0.15) is 13.2 Å². The SMILES string of the molecule is COC(=O)CC(CC1CCN(C(=O)C(F)(F)F)CC1)c1ccc(O)c(OC)c1.COC(=O)CC(CC1CCN(C(=O)OC(C)(C)C)CC1)c1ccc(O)c(OC)c1. The van der Waals surface area contributed by atoms with E-state index in [-0.39, 0.29) is 73.0 Å². The Bertz CT molecular complexity index is 1650. The fourth-order valence-corrected chi connectivity index (χ4v) is 7.17. The summed E-state index contributed by atoms with van der Waals surface area (Å²) in [6, 6.07) is 9.99. The quantitative estimate of drug-likeness (QED) is 0.163. The van der Waals surface area contributed by atoms with Crippen molar-refractivity contribution in [1.29, 1.82) is 0 Å². The van der Waals surface area contributed by atoms with E-state index < -0.39 is 23.7 Å². The first-order valence-electron chi connectivity index (χ1n) is 19.0. The van der Waals surface area contributed by atoms with Gasteiger partial charge in [0.05, 0.1) is 41.3 Å². The topological polar surface area (TPSA) is 161 Å². The van der Waals surface area contributed by atoms with Crippen molar-refractivity contribution in [1.82, 2.24) is 9.80 Å². The molecule has 13 nitrogen and oxygen atoms in total. The van der Waals surface area contributed by atoms with Crippen LogP contribution >= 0.6 is 0 Å². The van der Waals surface area contributed by atoms with Crippen LogP contribution in [0.25, 0.3) is 0 Å². The number of nitrogens with zero attached hydrogens (tertiary/aromatic N) is 2. The lowest BCUT2D eigenvalue weighted by atomic mass is 9.82. The Labute approximate surface area is 332 Å². The molecule has 0 bridgehead atoms. The highest BCUT2D eigenvalue weighted by molar-refractivity contribution is 5.82. The van der Waals surface area contributed by atoms with Crippen LogP contribution in [0.3, 0.4) is 0 Å². The molecule has 2 aromatic carbocycles. The fraction of sp³-hybridized carbons (Fsp3) is 0.610. The maximum Gasteiger partial charge on any atom is 0.471 e. The molecule has 0 aromatic heterocycles. The van der Waals surface area contributed by atoms with Crippen molar-refractivity contribution < 1.29 is 66.2 Å². The number of aromatic hydroxyl groups is 2. The van der Waals surface area contributed by atoms with E-state index >= 15 is 0 Å². The minimum Gasteiger partial charge on any atom is -0.504 e. The normalized spacial score (nSPS) is 16.4. The van der Waals surface area contributed by atoms with Crippen LogP contribution in [0.1, 0.15) is 95.1 Å². The van der Waals surface area contributed by atoms with Crippen molar-refractivity contribution in [2.45, 2.75) is 95.8 Å². The molecular formula is C41H57F3N2O11. The highest BCUT2D eigenvalue weighted by Crippen LogP contribution is 2.38. The summed E-state index contributed by atoms with van der Waals surface area (Å²) in [4.78, 5) is 50.0. The molecule has 16 heteroatoms. The first-order chi connectivity index (χ1) is 26.8. The Kier molecular flexibility index (Phi) is 17.2. The third kappa shape index (κ3) is 14.5. The minimum absolute atomic E-state index is 0.0259. The molecular weight excluding hydrogens is 753 g/mol. The van der Waals surface area contributed by atoms with Crippen LogP contribution in [0.4, 0.5) is 18.0 Å². The number of hydrogen-bond donors (Lipinski definition) is 2. The number of benzene rings is 2. The van der Waals surface area contributed by atoms with Gasteiger partial charge < -0.3 is 43.7 Å². The van der Waals surface area contributed by atoms with E-state index in [1.54, 1.807) is 29.2 Å². The predicted octanol–water partition coefficient (Wildman–Crippen LogP) is 7.32. The van der Waals surface area contributed by atoms with Gasteiger partial charge in [0.25, 0.3) is 0 Å². The third-order valence-corrected chi connectivity index (χ3v) is 10.3. The summed E-state index contributed by atoms with van der Waals surface area (Å²) in [5.74, 6) is -1.62. The lowest BCUT2D eigenvalue weighted by Crippen LogP contribution is -2.45. The molecule has 0 radical (unpaired) electrons. The van der Waals surface area contributed by atoms with Gasteiger partial charge >= 0.3 is 30.1 Å². The lowest BCUT2D eigenvalue weighted by Gasteiger charge is -2.34. The number of ether oxygens (including phenoxy) is 5. The van der Waals surface area contributed by atoms with Gasteiger partial charge in [0.1, 0.15) is 5.60 Å². The zero-order valence-corrected chi connectivity index (χ0v) is 33.9. The van der Waals surface area contributed by atoms with Gasteiger partial charge in [-0.15, -0.1) is 0 Å². The monoisotopic (exact) mass is 810 g/mol. The number of hydrogen-bond acceptors (Lipinski definition) is 11. The van der Waals surface area contributed by atoms with Gasteiger partial charge in [-0.1, -0.05) is 12.1 Å². The molecule has 2 aliphatic heterocycles. The lowest BCUT2D eigenvalue weighted by molar-refractivity contribution is -0.186. The van der Waals surface area contributed by atoms with Crippen LogP contribution in [-0.2, 0) is 28.6 Å². The van der Waals surface area contributed by atoms with Crippen molar-refractivity contribution in [2.24, 2.45) is 11.8 Å². The molecule has 2 amide bonds. The van der Waals surface area contributed by atoms with Gasteiger partial charge in [0.2, 0.25) is 0 Å². The number of halogens is 3. The fourth-order valence-electron chi connectivity index (χ4n) is 7.17. The summed E-state index contributed by atoms with van der Waals surface area (Å²) >= 11 is 0. The number of carbonyl (C=O) groups excluding carboxylic acids is 4. The second-order valence-corrected chi connectivity index (χ2v) is 15.4. The minimum atomic E-state index is -4.86. The molecule has 318 valence electrons. The van der Waals surface area contributed by atoms with Crippen LogP contribution in [0.5, 0.6) is 23.0 Å². The van der Waals surface area contributed by atoms with Crippen LogP contribution < -0.4 is 9.47 Å². The highest BCUT2D eigenvalue weighted by Gasteiger charge is 2.43. The van der Waals surface area contributed by atoms with Gasteiger partial charge in [-0.25, -0.2) is 4.79 Å². The summed E-state index contributed by atoms with van der Waals surface area (Å²) in [6.45, 7) is 6.94. The molecule has 0 spiro atoms. The first kappa shape index (κ1) is 46.5. The van der Waals surface area contributed by atoms with Gasteiger partial charge in [-0.05, 0) is 118 Å². The van der Waals surface area contributed by atoms with Crippen LogP contribution in [-0.4, -0.2) is 110 Å². The van der Waals surface area contributed by atoms with Crippen LogP contribution in [0.15, 0.2) is 36.4 Å². The van der Waals surface area contributed by atoms with Crippen LogP contribution in [0.2, 0.25) is 0 Å². The van der Waals surface area contributed by atoms with E-state index in [0.29, 0.717) is 44.0 Å². The number of piperidine rings is 2. The Morgan fingerprint density at radius 3 is 1.40 bits per heavy atom. The molecule has 0 aliphatic carbocycles. The molecule has 2 aliphatic rings. The zero-order valence-electron chi connectivity index (χ0n) is 33.9. The van der Waals surface area contributed by atoms with Crippen molar-refractivity contribution >= 4 is 23.9 Å². The first-order valence-corrected chi connectivity index (χ1v) is 19.0. The number of likely N-dealkylation sites (tertiary alicyclic amines) is 2. The maximum absolute atomic E-state index is 12.6. The van der Waals surface area contributed by atoms with Crippen molar-refractivity contribution in [3.8, 4) is 23.0 Å². The van der Waals surface area contributed by atoms with E-state index in [2.05, 4.69) is 0 Å². The number of phenols is 2. The van der Waals surface area contributed by atoms with Crippen molar-refractivity contribution in [2.75, 3.05) is 54.6 Å². The third-order valence-electron chi connectivity index (χ3n) is 10.3. The van der Waals surface area contributed by atoms with Crippen LogP contribution in [0, 0.1) is 11.8 Å². The number of rotatable bonds is 12. The molecule has 2 atom stereocenters. The number of esters is 2. The smallest absolute Gasteiger partial charge is 0.471 e. The van der Waals surface area contributed by atoms with E-state index in [4.69, 9.17) is 23.7 Å². The molecule has 2 aromatic rings. The largest absolute Gasteiger partial charge is 0.504 e. The van der Waals surface area contributed by atoms with E-state index in [1.807, 2.05) is 26.8 Å². The average molecular weight is 811 g/mol. The molecule has 4 rings (SSSR count). The number of amides is 2. The van der Waals surface area contributed by atoms with Crippen molar-refractivity contribution in [3.05, 3.63) is 47.5 Å². The zero-order chi connectivity index (χ0) is 42.5. The predicted molar refractivity (Wildman–Crippen MR) is 203 cm³/mol. The second kappa shape index (κ2) is 21.0. The van der Waals surface area contributed by atoms with Crippen molar-refractivity contribution in [3.63, 3.8) is 0 Å². The van der Waals surface area contributed by atoms with E-state index in [1.165, 1.54) is 34.5 Å². The number of alkyl halides is 3. The molecule has 2 unspecified atom stereocenters. The number of carbonyl (C=O) groups is 4. The van der Waals surface area contributed by atoms with Gasteiger partial charge in [-0.3, -0.25) is 14.4 Å². The van der Waals surface area contributed by atoms with Gasteiger partial charge in [0.15, 0.2) is 23.0 Å². The molecule has 2 N–H and O–H groups in total. The summed E-state index contributed by atoms with van der Waals surface area (Å²) in [6.07, 6.45) is -0.860. The van der Waals surface area contributed by atoms with Gasteiger partial charge in [0, 0.05) is 26.2 Å².